The van der Waals surface area contributed by atoms with Gasteiger partial charge in [0.25, 0.3) is 0 Å². The van der Waals surface area contributed by atoms with Gasteiger partial charge < -0.3 is 20.1 Å². The Balaban J connectivity index is 1.36. The SMILES string of the molecule is C=CC1=C(N2CCC(c3nc(-c4ccc(F)cc4)cn3CCN3CCCC3)CC2)CC(CC)=CN=C1N. The summed E-state index contributed by atoms with van der Waals surface area (Å²) in [6.45, 7) is 12.5. The summed E-state index contributed by atoms with van der Waals surface area (Å²) < 4.78 is 15.9. The fourth-order valence-corrected chi connectivity index (χ4v) is 5.81. The molecule has 2 saturated heterocycles. The van der Waals surface area contributed by atoms with E-state index in [0.717, 1.165) is 74.5 Å². The van der Waals surface area contributed by atoms with E-state index in [9.17, 15) is 4.39 Å². The number of allylic oxidation sites excluding steroid dienone is 1. The predicted molar refractivity (Wildman–Crippen MR) is 149 cm³/mol. The minimum absolute atomic E-state index is 0.219. The van der Waals surface area contributed by atoms with Crippen LogP contribution in [0.5, 0.6) is 0 Å². The quantitative estimate of drug-likeness (QED) is 0.521. The molecule has 37 heavy (non-hydrogen) atoms. The number of nitrogens with zero attached hydrogens (tertiary/aromatic N) is 5. The van der Waals surface area contributed by atoms with Gasteiger partial charge in [-0.1, -0.05) is 19.6 Å². The van der Waals surface area contributed by atoms with Gasteiger partial charge in [0.2, 0.25) is 0 Å². The normalized spacial score (nSPS) is 19.7. The van der Waals surface area contributed by atoms with E-state index in [-0.39, 0.29) is 5.82 Å². The highest BCUT2D eigenvalue weighted by Crippen LogP contribution is 2.34. The van der Waals surface area contributed by atoms with Crippen molar-refractivity contribution in [2.45, 2.75) is 57.9 Å². The lowest BCUT2D eigenvalue weighted by Crippen LogP contribution is -2.35. The summed E-state index contributed by atoms with van der Waals surface area (Å²) in [5.74, 6) is 1.88. The van der Waals surface area contributed by atoms with Crippen LogP contribution in [0.4, 0.5) is 4.39 Å². The average molecular weight is 503 g/mol. The lowest BCUT2D eigenvalue weighted by Gasteiger charge is -2.36. The maximum atomic E-state index is 13.5. The molecule has 7 heteroatoms. The highest BCUT2D eigenvalue weighted by Gasteiger charge is 2.28. The molecule has 0 radical (unpaired) electrons. The van der Waals surface area contributed by atoms with Gasteiger partial charge in [0.15, 0.2) is 0 Å². The topological polar surface area (TPSA) is 62.7 Å². The smallest absolute Gasteiger partial charge is 0.132 e. The summed E-state index contributed by atoms with van der Waals surface area (Å²) >= 11 is 0. The zero-order valence-corrected chi connectivity index (χ0v) is 22.0. The first-order chi connectivity index (χ1) is 18.1. The number of amidine groups is 1. The van der Waals surface area contributed by atoms with E-state index in [0.29, 0.717) is 11.8 Å². The van der Waals surface area contributed by atoms with Crippen molar-refractivity contribution in [2.75, 3.05) is 32.7 Å². The summed E-state index contributed by atoms with van der Waals surface area (Å²) in [4.78, 5) is 14.6. The molecule has 0 bridgehead atoms. The number of aliphatic imine (C=N–C) groups is 1. The Morgan fingerprint density at radius 1 is 1.08 bits per heavy atom. The summed E-state index contributed by atoms with van der Waals surface area (Å²) in [5, 5.41) is 0. The molecule has 1 aromatic heterocycles. The third kappa shape index (κ3) is 5.72. The number of likely N-dealkylation sites (tertiary alicyclic amines) is 2. The molecule has 0 saturated carbocycles. The molecular formula is C30H39FN6. The largest absolute Gasteiger partial charge is 0.383 e. The highest BCUT2D eigenvalue weighted by molar-refractivity contribution is 6.00. The van der Waals surface area contributed by atoms with Crippen molar-refractivity contribution in [1.82, 2.24) is 19.4 Å². The van der Waals surface area contributed by atoms with Crippen molar-refractivity contribution < 1.29 is 4.39 Å². The first kappa shape index (κ1) is 25.5. The maximum Gasteiger partial charge on any atom is 0.132 e. The molecule has 5 rings (SSSR count). The van der Waals surface area contributed by atoms with Gasteiger partial charge in [-0.2, -0.15) is 0 Å². The molecule has 2 fully saturated rings. The van der Waals surface area contributed by atoms with Gasteiger partial charge in [-0.25, -0.2) is 14.4 Å². The molecule has 4 heterocycles. The van der Waals surface area contributed by atoms with Gasteiger partial charge >= 0.3 is 0 Å². The second-order valence-corrected chi connectivity index (χ2v) is 10.4. The zero-order valence-electron chi connectivity index (χ0n) is 22.0. The van der Waals surface area contributed by atoms with Gasteiger partial charge in [0.05, 0.1) is 5.69 Å². The van der Waals surface area contributed by atoms with Crippen molar-refractivity contribution >= 4 is 5.84 Å². The summed E-state index contributed by atoms with van der Waals surface area (Å²) in [5.41, 5.74) is 11.7. The number of rotatable bonds is 8. The number of halogens is 1. The van der Waals surface area contributed by atoms with Crippen molar-refractivity contribution in [1.29, 1.82) is 0 Å². The van der Waals surface area contributed by atoms with Gasteiger partial charge in [0, 0.05) is 67.7 Å². The van der Waals surface area contributed by atoms with Gasteiger partial charge in [0.1, 0.15) is 17.5 Å². The molecule has 3 aliphatic rings. The fourth-order valence-electron chi connectivity index (χ4n) is 5.81. The maximum absolute atomic E-state index is 13.5. The predicted octanol–water partition coefficient (Wildman–Crippen LogP) is 5.46. The van der Waals surface area contributed by atoms with E-state index in [1.165, 1.54) is 49.3 Å². The molecule has 6 nitrogen and oxygen atoms in total. The number of imidazole rings is 1. The van der Waals surface area contributed by atoms with Crippen LogP contribution in [-0.2, 0) is 6.54 Å². The third-order valence-electron chi connectivity index (χ3n) is 8.07. The van der Waals surface area contributed by atoms with Crippen LogP contribution in [0.1, 0.15) is 57.2 Å². The third-order valence-corrected chi connectivity index (χ3v) is 8.07. The van der Waals surface area contributed by atoms with Crippen molar-refractivity contribution in [3.8, 4) is 11.3 Å². The van der Waals surface area contributed by atoms with Crippen LogP contribution in [-0.4, -0.2) is 57.9 Å². The van der Waals surface area contributed by atoms with Gasteiger partial charge in [-0.3, -0.25) is 0 Å². The van der Waals surface area contributed by atoms with E-state index < -0.39 is 0 Å². The molecule has 0 aliphatic carbocycles. The molecule has 3 aliphatic heterocycles. The molecule has 0 atom stereocenters. The van der Waals surface area contributed by atoms with Crippen LogP contribution in [0.25, 0.3) is 11.3 Å². The average Bonchev–Trinajstić information content (AvgIpc) is 3.56. The van der Waals surface area contributed by atoms with E-state index in [1.54, 1.807) is 0 Å². The summed E-state index contributed by atoms with van der Waals surface area (Å²) in [6.07, 6.45) is 12.4. The number of aromatic nitrogens is 2. The number of nitrogens with two attached hydrogens (primary N) is 1. The van der Waals surface area contributed by atoms with Gasteiger partial charge in [-0.15, -0.1) is 0 Å². The van der Waals surface area contributed by atoms with Crippen LogP contribution < -0.4 is 5.73 Å². The molecule has 196 valence electrons. The molecule has 1 aromatic carbocycles. The Morgan fingerprint density at radius 3 is 2.49 bits per heavy atom. The van der Waals surface area contributed by atoms with Crippen molar-refractivity contribution in [3.05, 3.63) is 77.8 Å². The zero-order chi connectivity index (χ0) is 25.8. The van der Waals surface area contributed by atoms with E-state index in [1.807, 2.05) is 24.4 Å². The number of hydrogen-bond acceptors (Lipinski definition) is 5. The first-order valence-electron chi connectivity index (χ1n) is 13.7. The Labute approximate surface area is 220 Å². The van der Waals surface area contributed by atoms with Crippen LogP contribution in [0.3, 0.4) is 0 Å². The lowest BCUT2D eigenvalue weighted by molar-refractivity contribution is 0.248. The van der Waals surface area contributed by atoms with Crippen molar-refractivity contribution in [2.24, 2.45) is 10.7 Å². The second-order valence-electron chi connectivity index (χ2n) is 10.4. The molecule has 0 unspecified atom stereocenters. The lowest BCUT2D eigenvalue weighted by atomic mass is 9.93. The Hall–Kier alpha value is -3.19. The van der Waals surface area contributed by atoms with Crippen LogP contribution in [0.2, 0.25) is 0 Å². The molecule has 2 aromatic rings. The van der Waals surface area contributed by atoms with E-state index >= 15 is 0 Å². The monoisotopic (exact) mass is 502 g/mol. The summed E-state index contributed by atoms with van der Waals surface area (Å²) in [7, 11) is 0. The minimum Gasteiger partial charge on any atom is -0.383 e. The fraction of sp³-hybridized carbons (Fsp3) is 0.467. The van der Waals surface area contributed by atoms with Gasteiger partial charge in [-0.05, 0) is 75.0 Å². The highest BCUT2D eigenvalue weighted by atomic mass is 19.1. The van der Waals surface area contributed by atoms with Crippen LogP contribution in [0, 0.1) is 5.82 Å². The number of benzene rings is 1. The summed E-state index contributed by atoms with van der Waals surface area (Å²) in [6, 6.07) is 6.69. The minimum atomic E-state index is -0.219. The Morgan fingerprint density at radius 2 is 1.81 bits per heavy atom. The van der Waals surface area contributed by atoms with Crippen LogP contribution >= 0.6 is 0 Å². The van der Waals surface area contributed by atoms with E-state index in [4.69, 9.17) is 10.7 Å². The van der Waals surface area contributed by atoms with Crippen molar-refractivity contribution in [3.63, 3.8) is 0 Å². The Bertz CT molecular complexity index is 1190. The molecular weight excluding hydrogens is 463 g/mol. The number of hydrogen-bond donors (Lipinski definition) is 1. The molecule has 2 N–H and O–H groups in total. The standard InChI is InChI=1S/C30H39FN6/c1-3-22-19-28(26(4-2)29(32)33-20-22)36-15-11-24(12-16-36)30-34-27(23-7-9-25(31)10-8-23)21-37(30)18-17-35-13-5-6-14-35/h4,7-10,20-21,24H,2-3,5-6,11-19H2,1H3,(H2,32,33). The van der Waals surface area contributed by atoms with Crippen LogP contribution in [0.15, 0.2) is 71.2 Å². The first-order valence-corrected chi connectivity index (χ1v) is 13.7. The molecule has 0 spiro atoms. The number of piperidine rings is 1. The molecule has 0 amide bonds. The Kier molecular flexibility index (Phi) is 7.89. The van der Waals surface area contributed by atoms with E-state index in [2.05, 4.69) is 39.1 Å². The second kappa shape index (κ2) is 11.5.